The second kappa shape index (κ2) is 5.14. The summed E-state index contributed by atoms with van der Waals surface area (Å²) < 4.78 is 25.9. The highest BCUT2D eigenvalue weighted by atomic mass is 32.2. The molecule has 1 fully saturated rings. The first-order valence-electron chi connectivity index (χ1n) is 5.55. The molecular formula is C11H16N2O3S. The Balaban J connectivity index is 2.21. The van der Waals surface area contributed by atoms with Crippen LogP contribution in [0.15, 0.2) is 29.2 Å². The standard InChI is InChI=1S/C11H16N2O3S/c12-16-9-10-3-5-11(6-4-10)17(14,15)13-7-1-2-8-13/h3-6H,1-2,7-9,12H2. The minimum atomic E-state index is -3.31. The summed E-state index contributed by atoms with van der Waals surface area (Å²) in [6.45, 7) is 1.52. The number of nitrogens with zero attached hydrogens (tertiary/aromatic N) is 1. The van der Waals surface area contributed by atoms with E-state index in [0.29, 0.717) is 18.0 Å². The van der Waals surface area contributed by atoms with Gasteiger partial charge in [-0.05, 0) is 30.5 Å². The molecule has 0 spiro atoms. The van der Waals surface area contributed by atoms with Gasteiger partial charge in [0.15, 0.2) is 0 Å². The lowest BCUT2D eigenvalue weighted by Crippen LogP contribution is -2.27. The third-order valence-corrected chi connectivity index (χ3v) is 4.79. The minimum absolute atomic E-state index is 0.282. The monoisotopic (exact) mass is 256 g/mol. The summed E-state index contributed by atoms with van der Waals surface area (Å²) in [5, 5.41) is 0. The van der Waals surface area contributed by atoms with Gasteiger partial charge in [0.2, 0.25) is 10.0 Å². The Hall–Kier alpha value is -0.950. The van der Waals surface area contributed by atoms with Crippen molar-refractivity contribution < 1.29 is 13.3 Å². The molecule has 1 aliphatic rings. The second-order valence-corrected chi connectivity index (χ2v) is 6.00. The largest absolute Gasteiger partial charge is 0.300 e. The Morgan fingerprint density at radius 3 is 2.29 bits per heavy atom. The van der Waals surface area contributed by atoms with Crippen LogP contribution in [0.5, 0.6) is 0 Å². The number of hydrogen-bond acceptors (Lipinski definition) is 4. The van der Waals surface area contributed by atoms with E-state index >= 15 is 0 Å². The molecule has 2 rings (SSSR count). The maximum absolute atomic E-state index is 12.2. The Morgan fingerprint density at radius 1 is 1.18 bits per heavy atom. The molecular weight excluding hydrogens is 240 g/mol. The van der Waals surface area contributed by atoms with E-state index in [-0.39, 0.29) is 6.61 Å². The number of sulfonamides is 1. The van der Waals surface area contributed by atoms with Crippen LogP contribution in [0.3, 0.4) is 0 Å². The Morgan fingerprint density at radius 2 is 1.76 bits per heavy atom. The lowest BCUT2D eigenvalue weighted by atomic mass is 10.2. The van der Waals surface area contributed by atoms with E-state index in [1.807, 2.05) is 0 Å². The topological polar surface area (TPSA) is 72.6 Å². The van der Waals surface area contributed by atoms with Gasteiger partial charge >= 0.3 is 0 Å². The van der Waals surface area contributed by atoms with Gasteiger partial charge in [-0.3, -0.25) is 4.84 Å². The summed E-state index contributed by atoms with van der Waals surface area (Å²) in [6.07, 6.45) is 1.89. The highest BCUT2D eigenvalue weighted by Gasteiger charge is 2.26. The zero-order chi connectivity index (χ0) is 12.3. The van der Waals surface area contributed by atoms with Crippen LogP contribution in [0.4, 0.5) is 0 Å². The van der Waals surface area contributed by atoms with Crippen LogP contribution in [-0.2, 0) is 21.5 Å². The van der Waals surface area contributed by atoms with Crippen molar-refractivity contribution in [2.45, 2.75) is 24.3 Å². The van der Waals surface area contributed by atoms with Crippen molar-refractivity contribution >= 4 is 10.0 Å². The van der Waals surface area contributed by atoms with Crippen molar-refractivity contribution in [1.29, 1.82) is 0 Å². The third-order valence-electron chi connectivity index (χ3n) is 2.88. The lowest BCUT2D eigenvalue weighted by Gasteiger charge is -2.15. The molecule has 94 valence electrons. The normalized spacial score (nSPS) is 17.5. The number of benzene rings is 1. The summed E-state index contributed by atoms with van der Waals surface area (Å²) in [7, 11) is -3.31. The van der Waals surface area contributed by atoms with E-state index < -0.39 is 10.0 Å². The smallest absolute Gasteiger partial charge is 0.243 e. The maximum atomic E-state index is 12.2. The summed E-state index contributed by atoms with van der Waals surface area (Å²) in [5.74, 6) is 4.96. The SMILES string of the molecule is NOCc1ccc(S(=O)(=O)N2CCCC2)cc1. The molecule has 1 aliphatic heterocycles. The molecule has 0 radical (unpaired) electrons. The molecule has 2 N–H and O–H groups in total. The van der Waals surface area contributed by atoms with E-state index in [9.17, 15) is 8.42 Å². The van der Waals surface area contributed by atoms with Gasteiger partial charge < -0.3 is 0 Å². The van der Waals surface area contributed by atoms with Gasteiger partial charge in [-0.15, -0.1) is 0 Å². The van der Waals surface area contributed by atoms with Crippen molar-refractivity contribution in [2.75, 3.05) is 13.1 Å². The van der Waals surface area contributed by atoms with Crippen LogP contribution in [0.25, 0.3) is 0 Å². The summed E-state index contributed by atoms with van der Waals surface area (Å²) in [6, 6.07) is 6.63. The first-order chi connectivity index (χ1) is 8.14. The number of rotatable bonds is 4. The molecule has 0 amide bonds. The summed E-state index contributed by atoms with van der Waals surface area (Å²) >= 11 is 0. The van der Waals surface area contributed by atoms with E-state index in [4.69, 9.17) is 5.90 Å². The predicted molar refractivity (Wildman–Crippen MR) is 63.4 cm³/mol. The van der Waals surface area contributed by atoms with Crippen molar-refractivity contribution in [2.24, 2.45) is 5.90 Å². The van der Waals surface area contributed by atoms with Crippen molar-refractivity contribution in [3.8, 4) is 0 Å². The Kier molecular flexibility index (Phi) is 3.78. The van der Waals surface area contributed by atoms with Crippen LogP contribution in [-0.4, -0.2) is 25.8 Å². The number of nitrogens with two attached hydrogens (primary N) is 1. The molecule has 6 heteroatoms. The van der Waals surface area contributed by atoms with Gasteiger partial charge in [-0.1, -0.05) is 12.1 Å². The Bertz CT molecular complexity index is 464. The van der Waals surface area contributed by atoms with Gasteiger partial charge in [-0.25, -0.2) is 14.3 Å². The molecule has 1 saturated heterocycles. The molecule has 1 aromatic rings. The van der Waals surface area contributed by atoms with Gasteiger partial charge in [0.25, 0.3) is 0 Å². The molecule has 0 atom stereocenters. The molecule has 0 aliphatic carbocycles. The van der Waals surface area contributed by atoms with Gasteiger partial charge in [0.05, 0.1) is 11.5 Å². The summed E-state index contributed by atoms with van der Waals surface area (Å²) in [4.78, 5) is 4.83. The first-order valence-corrected chi connectivity index (χ1v) is 6.99. The molecule has 5 nitrogen and oxygen atoms in total. The van der Waals surface area contributed by atoms with E-state index in [1.165, 1.54) is 4.31 Å². The molecule has 17 heavy (non-hydrogen) atoms. The Labute approximate surface area is 101 Å². The average Bonchev–Trinajstić information content (AvgIpc) is 2.84. The zero-order valence-electron chi connectivity index (χ0n) is 9.50. The fourth-order valence-electron chi connectivity index (χ4n) is 1.93. The van der Waals surface area contributed by atoms with Gasteiger partial charge in [0.1, 0.15) is 0 Å². The third kappa shape index (κ3) is 2.66. The van der Waals surface area contributed by atoms with Crippen LogP contribution < -0.4 is 5.90 Å². The van der Waals surface area contributed by atoms with Crippen LogP contribution >= 0.6 is 0 Å². The average molecular weight is 256 g/mol. The van der Waals surface area contributed by atoms with Crippen LogP contribution in [0.1, 0.15) is 18.4 Å². The fourth-order valence-corrected chi connectivity index (χ4v) is 3.45. The van der Waals surface area contributed by atoms with Gasteiger partial charge in [0, 0.05) is 13.1 Å². The molecule has 0 bridgehead atoms. The highest BCUT2D eigenvalue weighted by Crippen LogP contribution is 2.21. The summed E-state index contributed by atoms with van der Waals surface area (Å²) in [5.41, 5.74) is 0.855. The predicted octanol–water partition coefficient (Wildman–Crippen LogP) is 0.861. The van der Waals surface area contributed by atoms with Gasteiger partial charge in [-0.2, -0.15) is 4.31 Å². The first kappa shape index (κ1) is 12.5. The highest BCUT2D eigenvalue weighted by molar-refractivity contribution is 7.89. The van der Waals surface area contributed by atoms with Crippen molar-refractivity contribution in [1.82, 2.24) is 4.31 Å². The lowest BCUT2D eigenvalue weighted by molar-refractivity contribution is 0.124. The van der Waals surface area contributed by atoms with E-state index in [0.717, 1.165) is 18.4 Å². The number of hydrogen-bond donors (Lipinski definition) is 1. The van der Waals surface area contributed by atoms with E-state index in [2.05, 4.69) is 4.84 Å². The molecule has 0 saturated carbocycles. The minimum Gasteiger partial charge on any atom is -0.300 e. The van der Waals surface area contributed by atoms with E-state index in [1.54, 1.807) is 24.3 Å². The fraction of sp³-hybridized carbons (Fsp3) is 0.455. The maximum Gasteiger partial charge on any atom is 0.243 e. The van der Waals surface area contributed by atoms with Crippen LogP contribution in [0.2, 0.25) is 0 Å². The van der Waals surface area contributed by atoms with Crippen LogP contribution in [0, 0.1) is 0 Å². The molecule has 0 aromatic heterocycles. The second-order valence-electron chi connectivity index (χ2n) is 4.07. The molecule has 1 heterocycles. The zero-order valence-corrected chi connectivity index (χ0v) is 10.3. The molecule has 0 unspecified atom stereocenters. The van der Waals surface area contributed by atoms with Crippen molar-refractivity contribution in [3.05, 3.63) is 29.8 Å². The van der Waals surface area contributed by atoms with Crippen molar-refractivity contribution in [3.63, 3.8) is 0 Å². The quantitative estimate of drug-likeness (QED) is 0.811. The molecule has 1 aromatic carbocycles.